The van der Waals surface area contributed by atoms with Crippen LogP contribution in [0.2, 0.25) is 0 Å². The molecule has 1 aliphatic rings. The van der Waals surface area contributed by atoms with Gasteiger partial charge in [0.25, 0.3) is 0 Å². The van der Waals surface area contributed by atoms with Crippen LogP contribution >= 0.6 is 0 Å². The molecular weight excluding hydrogens is 216 g/mol. The molecule has 0 amide bonds. The number of hydrogen-bond acceptors (Lipinski definition) is 4. The highest BCUT2D eigenvalue weighted by atomic mass is 16.5. The van der Waals surface area contributed by atoms with Crippen molar-refractivity contribution in [2.24, 2.45) is 5.84 Å². The monoisotopic (exact) mass is 230 g/mol. The van der Waals surface area contributed by atoms with Crippen molar-refractivity contribution < 1.29 is 9.15 Å². The smallest absolute Gasteiger partial charge is 0.134 e. The minimum absolute atomic E-state index is 0.138. The Balaban J connectivity index is 2.06. The zero-order chi connectivity index (χ0) is 11.7. The van der Waals surface area contributed by atoms with Gasteiger partial charge in [-0.25, -0.2) is 5.43 Å². The predicted molar refractivity (Wildman–Crippen MR) is 64.9 cm³/mol. The van der Waals surface area contributed by atoms with Gasteiger partial charge in [0, 0.05) is 17.4 Å². The Labute approximate surface area is 99.0 Å². The lowest BCUT2D eigenvalue weighted by molar-refractivity contribution is 0.216. The molecule has 2 heterocycles. The number of para-hydroxylation sites is 1. The molecule has 3 rings (SSSR count). The molecule has 0 aliphatic carbocycles. The molecule has 0 spiro atoms. The Hall–Kier alpha value is -1.78. The van der Waals surface area contributed by atoms with Crippen LogP contribution in [0.15, 0.2) is 46.8 Å². The number of furan rings is 1. The van der Waals surface area contributed by atoms with E-state index in [-0.39, 0.29) is 6.04 Å². The van der Waals surface area contributed by atoms with Gasteiger partial charge in [0.15, 0.2) is 0 Å². The number of fused-ring (bicyclic) bond motifs is 1. The lowest BCUT2D eigenvalue weighted by Crippen LogP contribution is -2.29. The molecule has 0 fully saturated rings. The SMILES string of the molecule is NNC(C1=CCCO1)c1coc2ccccc12. The van der Waals surface area contributed by atoms with E-state index in [1.807, 2.05) is 24.3 Å². The van der Waals surface area contributed by atoms with Crippen molar-refractivity contribution in [1.29, 1.82) is 0 Å². The summed E-state index contributed by atoms with van der Waals surface area (Å²) in [5.74, 6) is 6.50. The third kappa shape index (κ3) is 1.71. The van der Waals surface area contributed by atoms with Gasteiger partial charge in [0.2, 0.25) is 0 Å². The molecular formula is C13H14N2O2. The normalized spacial score (nSPS) is 16.9. The number of hydrogen-bond donors (Lipinski definition) is 2. The summed E-state index contributed by atoms with van der Waals surface area (Å²) in [6.45, 7) is 0.725. The fraction of sp³-hybridized carbons (Fsp3) is 0.231. The van der Waals surface area contributed by atoms with Crippen LogP contribution in [0.3, 0.4) is 0 Å². The highest BCUT2D eigenvalue weighted by Crippen LogP contribution is 2.32. The summed E-state index contributed by atoms with van der Waals surface area (Å²) in [4.78, 5) is 0. The van der Waals surface area contributed by atoms with Crippen LogP contribution in [0.25, 0.3) is 11.0 Å². The van der Waals surface area contributed by atoms with Gasteiger partial charge >= 0.3 is 0 Å². The van der Waals surface area contributed by atoms with E-state index in [2.05, 4.69) is 11.5 Å². The summed E-state index contributed by atoms with van der Waals surface area (Å²) < 4.78 is 11.1. The van der Waals surface area contributed by atoms with Crippen LogP contribution in [0, 0.1) is 0 Å². The van der Waals surface area contributed by atoms with Gasteiger partial charge in [-0.1, -0.05) is 18.2 Å². The molecule has 1 aromatic carbocycles. The van der Waals surface area contributed by atoms with Crippen molar-refractivity contribution in [2.75, 3.05) is 6.61 Å². The second-order valence-electron chi connectivity index (χ2n) is 4.03. The van der Waals surface area contributed by atoms with E-state index in [1.54, 1.807) is 6.26 Å². The molecule has 1 atom stereocenters. The first-order valence-corrected chi connectivity index (χ1v) is 5.65. The van der Waals surface area contributed by atoms with E-state index >= 15 is 0 Å². The van der Waals surface area contributed by atoms with Gasteiger partial charge in [-0.15, -0.1) is 0 Å². The van der Waals surface area contributed by atoms with Gasteiger partial charge in [0.05, 0.1) is 12.9 Å². The van der Waals surface area contributed by atoms with Gasteiger partial charge in [-0.2, -0.15) is 0 Å². The summed E-state index contributed by atoms with van der Waals surface area (Å²) in [7, 11) is 0. The lowest BCUT2D eigenvalue weighted by Gasteiger charge is -2.15. The number of benzene rings is 1. The Morgan fingerprint density at radius 2 is 2.18 bits per heavy atom. The molecule has 0 radical (unpaired) electrons. The molecule has 4 heteroatoms. The van der Waals surface area contributed by atoms with Gasteiger partial charge in [0.1, 0.15) is 17.4 Å². The van der Waals surface area contributed by atoms with Crippen LogP contribution in [0.5, 0.6) is 0 Å². The van der Waals surface area contributed by atoms with Crippen molar-refractivity contribution >= 4 is 11.0 Å². The van der Waals surface area contributed by atoms with Crippen LogP contribution < -0.4 is 11.3 Å². The molecule has 2 aromatic rings. The van der Waals surface area contributed by atoms with Crippen LogP contribution in [-0.4, -0.2) is 6.61 Å². The van der Waals surface area contributed by atoms with E-state index in [0.29, 0.717) is 0 Å². The maximum atomic E-state index is 5.62. The zero-order valence-corrected chi connectivity index (χ0v) is 9.35. The van der Waals surface area contributed by atoms with Crippen molar-refractivity contribution in [1.82, 2.24) is 5.43 Å². The quantitative estimate of drug-likeness (QED) is 0.627. The second kappa shape index (κ2) is 4.24. The van der Waals surface area contributed by atoms with E-state index in [0.717, 1.165) is 35.3 Å². The van der Waals surface area contributed by atoms with E-state index in [9.17, 15) is 0 Å². The summed E-state index contributed by atoms with van der Waals surface area (Å²) in [6.07, 6.45) is 4.73. The number of nitrogens with two attached hydrogens (primary N) is 1. The van der Waals surface area contributed by atoms with Crippen molar-refractivity contribution in [3.63, 3.8) is 0 Å². The first kappa shape index (κ1) is 10.4. The summed E-state index contributed by atoms with van der Waals surface area (Å²) in [6, 6.07) is 7.76. The first-order valence-electron chi connectivity index (χ1n) is 5.65. The molecule has 1 aromatic heterocycles. The number of rotatable bonds is 3. The topological polar surface area (TPSA) is 60.4 Å². The molecule has 0 saturated heterocycles. The molecule has 1 unspecified atom stereocenters. The van der Waals surface area contributed by atoms with Crippen molar-refractivity contribution in [3.05, 3.63) is 47.9 Å². The van der Waals surface area contributed by atoms with Gasteiger partial charge in [-0.05, 0) is 12.1 Å². The van der Waals surface area contributed by atoms with Crippen LogP contribution in [0.4, 0.5) is 0 Å². The first-order chi connectivity index (χ1) is 8.40. The Bertz CT molecular complexity index is 559. The van der Waals surface area contributed by atoms with E-state index < -0.39 is 0 Å². The Morgan fingerprint density at radius 1 is 1.29 bits per heavy atom. The number of ether oxygens (including phenoxy) is 1. The van der Waals surface area contributed by atoms with Crippen LogP contribution in [0.1, 0.15) is 18.0 Å². The second-order valence-corrected chi connectivity index (χ2v) is 4.03. The summed E-state index contributed by atoms with van der Waals surface area (Å²) in [5, 5.41) is 1.06. The van der Waals surface area contributed by atoms with E-state index in [1.165, 1.54) is 0 Å². The largest absolute Gasteiger partial charge is 0.496 e. The molecule has 0 saturated carbocycles. The van der Waals surface area contributed by atoms with E-state index in [4.69, 9.17) is 15.0 Å². The maximum absolute atomic E-state index is 5.62. The number of nitrogens with one attached hydrogen (secondary N) is 1. The molecule has 3 N–H and O–H groups in total. The molecule has 88 valence electrons. The molecule has 17 heavy (non-hydrogen) atoms. The summed E-state index contributed by atoms with van der Waals surface area (Å²) >= 11 is 0. The third-order valence-corrected chi connectivity index (χ3v) is 3.01. The average molecular weight is 230 g/mol. The average Bonchev–Trinajstić information content (AvgIpc) is 3.01. The fourth-order valence-electron chi connectivity index (χ4n) is 2.19. The van der Waals surface area contributed by atoms with Crippen LogP contribution in [-0.2, 0) is 4.74 Å². The minimum Gasteiger partial charge on any atom is -0.496 e. The molecule has 0 bridgehead atoms. The third-order valence-electron chi connectivity index (χ3n) is 3.01. The highest BCUT2D eigenvalue weighted by molar-refractivity contribution is 5.81. The molecule has 1 aliphatic heterocycles. The van der Waals surface area contributed by atoms with Crippen molar-refractivity contribution in [2.45, 2.75) is 12.5 Å². The lowest BCUT2D eigenvalue weighted by atomic mass is 10.0. The predicted octanol–water partition coefficient (Wildman–Crippen LogP) is 2.24. The minimum atomic E-state index is -0.138. The number of hydrazine groups is 1. The highest BCUT2D eigenvalue weighted by Gasteiger charge is 2.23. The molecule has 4 nitrogen and oxygen atoms in total. The Kier molecular flexibility index (Phi) is 2.59. The summed E-state index contributed by atoms with van der Waals surface area (Å²) in [5.41, 5.74) is 4.66. The zero-order valence-electron chi connectivity index (χ0n) is 9.35. The van der Waals surface area contributed by atoms with Gasteiger partial charge in [-0.3, -0.25) is 5.84 Å². The standard InChI is InChI=1S/C13H14N2O2/c14-15-13(12-6-3-7-16-12)10-8-17-11-5-2-1-4-9(10)11/h1-2,4-6,8,13,15H,3,7,14H2. The maximum Gasteiger partial charge on any atom is 0.134 e. The van der Waals surface area contributed by atoms with Crippen molar-refractivity contribution in [3.8, 4) is 0 Å². The van der Waals surface area contributed by atoms with Gasteiger partial charge < -0.3 is 9.15 Å². The Morgan fingerprint density at radius 3 is 2.94 bits per heavy atom. The fourth-order valence-corrected chi connectivity index (χ4v) is 2.19.